The van der Waals surface area contributed by atoms with Crippen LogP contribution >= 0.6 is 0 Å². The maximum absolute atomic E-state index is 13.9. The summed E-state index contributed by atoms with van der Waals surface area (Å²) in [6.07, 6.45) is 3.92. The van der Waals surface area contributed by atoms with Crippen molar-refractivity contribution in [1.82, 2.24) is 5.32 Å². The standard InChI is InChI=1S/C16H20FNO3/c1-11-5-6-12(13(17)9-11)15(21)18-16(10-14(19)20)7-3-2-4-8-16/h5-6,9H,2-4,7-8,10H2,1H3,(H,18,21)(H,19,20). The van der Waals surface area contributed by atoms with E-state index in [-0.39, 0.29) is 12.0 Å². The Morgan fingerprint density at radius 1 is 1.29 bits per heavy atom. The number of carbonyl (C=O) groups excluding carboxylic acids is 1. The van der Waals surface area contributed by atoms with Gasteiger partial charge in [-0.1, -0.05) is 25.3 Å². The number of carbonyl (C=O) groups is 2. The van der Waals surface area contributed by atoms with E-state index < -0.39 is 23.2 Å². The van der Waals surface area contributed by atoms with Crippen molar-refractivity contribution in [3.63, 3.8) is 0 Å². The lowest BCUT2D eigenvalue weighted by atomic mass is 9.79. The Balaban J connectivity index is 2.19. The van der Waals surface area contributed by atoms with Gasteiger partial charge in [0.2, 0.25) is 0 Å². The van der Waals surface area contributed by atoms with Gasteiger partial charge in [-0.25, -0.2) is 4.39 Å². The highest BCUT2D eigenvalue weighted by molar-refractivity contribution is 5.95. The number of carboxylic acids is 1. The summed E-state index contributed by atoms with van der Waals surface area (Å²) in [5, 5.41) is 11.9. The van der Waals surface area contributed by atoms with E-state index in [2.05, 4.69) is 5.32 Å². The minimum Gasteiger partial charge on any atom is -0.481 e. The van der Waals surface area contributed by atoms with Crippen molar-refractivity contribution in [2.75, 3.05) is 0 Å². The van der Waals surface area contributed by atoms with Crippen LogP contribution in [0, 0.1) is 12.7 Å². The van der Waals surface area contributed by atoms with E-state index in [1.165, 1.54) is 12.1 Å². The van der Waals surface area contributed by atoms with Crippen molar-refractivity contribution < 1.29 is 19.1 Å². The first-order valence-electron chi connectivity index (χ1n) is 7.22. The van der Waals surface area contributed by atoms with E-state index in [0.717, 1.165) is 24.8 Å². The van der Waals surface area contributed by atoms with Gasteiger partial charge >= 0.3 is 5.97 Å². The van der Waals surface area contributed by atoms with Gasteiger partial charge in [-0.2, -0.15) is 0 Å². The molecule has 4 nitrogen and oxygen atoms in total. The molecule has 1 aliphatic carbocycles. The average Bonchev–Trinajstić information content (AvgIpc) is 2.38. The molecule has 0 radical (unpaired) electrons. The molecule has 0 heterocycles. The normalized spacial score (nSPS) is 17.2. The second-order valence-corrected chi connectivity index (χ2v) is 5.85. The van der Waals surface area contributed by atoms with Gasteiger partial charge in [0, 0.05) is 0 Å². The zero-order valence-corrected chi connectivity index (χ0v) is 12.1. The van der Waals surface area contributed by atoms with Crippen molar-refractivity contribution in [3.8, 4) is 0 Å². The smallest absolute Gasteiger partial charge is 0.305 e. The van der Waals surface area contributed by atoms with Gasteiger partial charge in [-0.15, -0.1) is 0 Å². The SMILES string of the molecule is Cc1ccc(C(=O)NC2(CC(=O)O)CCCCC2)c(F)c1. The highest BCUT2D eigenvalue weighted by Gasteiger charge is 2.36. The van der Waals surface area contributed by atoms with Gasteiger partial charge in [0.05, 0.1) is 17.5 Å². The maximum atomic E-state index is 13.9. The van der Waals surface area contributed by atoms with Crippen molar-refractivity contribution >= 4 is 11.9 Å². The molecule has 1 amide bonds. The molecule has 0 unspecified atom stereocenters. The molecule has 1 aromatic carbocycles. The van der Waals surface area contributed by atoms with E-state index in [0.29, 0.717) is 12.8 Å². The molecule has 1 aromatic rings. The Bertz CT molecular complexity index is 550. The molecule has 1 saturated carbocycles. The van der Waals surface area contributed by atoms with E-state index in [9.17, 15) is 14.0 Å². The number of hydrogen-bond acceptors (Lipinski definition) is 2. The second kappa shape index (κ2) is 6.24. The zero-order valence-electron chi connectivity index (χ0n) is 12.1. The maximum Gasteiger partial charge on any atom is 0.305 e. The Morgan fingerprint density at radius 2 is 1.95 bits per heavy atom. The summed E-state index contributed by atoms with van der Waals surface area (Å²) < 4.78 is 13.9. The number of amides is 1. The fourth-order valence-corrected chi connectivity index (χ4v) is 2.98. The van der Waals surface area contributed by atoms with Gasteiger partial charge in [-0.3, -0.25) is 9.59 Å². The second-order valence-electron chi connectivity index (χ2n) is 5.85. The molecule has 21 heavy (non-hydrogen) atoms. The number of nitrogens with one attached hydrogen (secondary N) is 1. The zero-order chi connectivity index (χ0) is 15.5. The lowest BCUT2D eigenvalue weighted by Crippen LogP contribution is -2.51. The summed E-state index contributed by atoms with van der Waals surface area (Å²) in [6.45, 7) is 1.75. The largest absolute Gasteiger partial charge is 0.481 e. The fraction of sp³-hybridized carbons (Fsp3) is 0.500. The van der Waals surface area contributed by atoms with Gasteiger partial charge in [0.15, 0.2) is 0 Å². The van der Waals surface area contributed by atoms with E-state index >= 15 is 0 Å². The van der Waals surface area contributed by atoms with Crippen LogP contribution in [-0.4, -0.2) is 22.5 Å². The van der Waals surface area contributed by atoms with E-state index in [1.807, 2.05) is 0 Å². The number of rotatable bonds is 4. The third-order valence-corrected chi connectivity index (χ3v) is 4.05. The molecule has 2 N–H and O–H groups in total. The number of carboxylic acid groups (broad SMARTS) is 1. The van der Waals surface area contributed by atoms with Crippen LogP contribution in [0.5, 0.6) is 0 Å². The molecule has 1 aliphatic rings. The average molecular weight is 293 g/mol. The van der Waals surface area contributed by atoms with E-state index in [4.69, 9.17) is 5.11 Å². The lowest BCUT2D eigenvalue weighted by molar-refractivity contribution is -0.139. The van der Waals surface area contributed by atoms with Crippen LogP contribution in [0.4, 0.5) is 4.39 Å². The van der Waals surface area contributed by atoms with Crippen LogP contribution in [0.25, 0.3) is 0 Å². The van der Waals surface area contributed by atoms with Crippen LogP contribution in [0.3, 0.4) is 0 Å². The summed E-state index contributed by atoms with van der Waals surface area (Å²) in [4.78, 5) is 23.4. The molecule has 5 heteroatoms. The number of halogens is 1. The fourth-order valence-electron chi connectivity index (χ4n) is 2.98. The van der Waals surface area contributed by atoms with Crippen molar-refractivity contribution in [1.29, 1.82) is 0 Å². The first-order valence-corrected chi connectivity index (χ1v) is 7.22. The third kappa shape index (κ3) is 3.80. The van der Waals surface area contributed by atoms with E-state index in [1.54, 1.807) is 13.0 Å². The quantitative estimate of drug-likeness (QED) is 0.896. The Labute approximate surface area is 123 Å². The van der Waals surface area contributed by atoms with Crippen LogP contribution in [-0.2, 0) is 4.79 Å². The monoisotopic (exact) mass is 293 g/mol. The summed E-state index contributed by atoms with van der Waals surface area (Å²) in [5.74, 6) is -2.05. The minimum atomic E-state index is -0.943. The highest BCUT2D eigenvalue weighted by atomic mass is 19.1. The van der Waals surface area contributed by atoms with Crippen molar-refractivity contribution in [2.24, 2.45) is 0 Å². The van der Waals surface area contributed by atoms with Crippen LogP contribution in [0.1, 0.15) is 54.4 Å². The first-order chi connectivity index (χ1) is 9.92. The molecule has 2 rings (SSSR count). The number of aliphatic carboxylic acids is 1. The van der Waals surface area contributed by atoms with Crippen molar-refractivity contribution in [3.05, 3.63) is 35.1 Å². The number of hydrogen-bond donors (Lipinski definition) is 2. The predicted molar refractivity (Wildman–Crippen MR) is 76.7 cm³/mol. The summed E-state index contributed by atoms with van der Waals surface area (Å²) in [7, 11) is 0. The minimum absolute atomic E-state index is 0.0315. The first kappa shape index (κ1) is 15.5. The number of benzene rings is 1. The molecular formula is C16H20FNO3. The van der Waals surface area contributed by atoms with Crippen LogP contribution in [0.2, 0.25) is 0 Å². The molecule has 1 fully saturated rings. The number of aryl methyl sites for hydroxylation is 1. The van der Waals surface area contributed by atoms with Gasteiger partial charge in [-0.05, 0) is 37.5 Å². The highest BCUT2D eigenvalue weighted by Crippen LogP contribution is 2.31. The van der Waals surface area contributed by atoms with Gasteiger partial charge < -0.3 is 10.4 Å². The molecule has 0 aliphatic heterocycles. The summed E-state index contributed by atoms with van der Waals surface area (Å²) in [5.41, 5.74) is -0.0451. The third-order valence-electron chi connectivity index (χ3n) is 4.05. The molecule has 0 spiro atoms. The molecule has 0 atom stereocenters. The topological polar surface area (TPSA) is 66.4 Å². The Morgan fingerprint density at radius 3 is 2.52 bits per heavy atom. The predicted octanol–water partition coefficient (Wildman–Crippen LogP) is 3.04. The molecule has 0 aromatic heterocycles. The van der Waals surface area contributed by atoms with Crippen molar-refractivity contribution in [2.45, 2.75) is 51.0 Å². The molecule has 114 valence electrons. The van der Waals surface area contributed by atoms with Crippen LogP contribution < -0.4 is 5.32 Å². The Hall–Kier alpha value is -1.91. The summed E-state index contributed by atoms with van der Waals surface area (Å²) in [6, 6.07) is 4.42. The Kier molecular flexibility index (Phi) is 4.60. The lowest BCUT2D eigenvalue weighted by Gasteiger charge is -2.37. The molecule has 0 bridgehead atoms. The van der Waals surface area contributed by atoms with Crippen LogP contribution in [0.15, 0.2) is 18.2 Å². The summed E-state index contributed by atoms with van der Waals surface area (Å²) >= 11 is 0. The van der Waals surface area contributed by atoms with Gasteiger partial charge in [0.1, 0.15) is 5.82 Å². The van der Waals surface area contributed by atoms with Gasteiger partial charge in [0.25, 0.3) is 5.91 Å². The molecular weight excluding hydrogens is 273 g/mol. The molecule has 0 saturated heterocycles.